The van der Waals surface area contributed by atoms with Crippen molar-refractivity contribution < 1.29 is 9.90 Å². The minimum atomic E-state index is -0.527. The molecule has 0 saturated heterocycles. The van der Waals surface area contributed by atoms with E-state index in [9.17, 15) is 14.7 Å². The van der Waals surface area contributed by atoms with E-state index in [4.69, 9.17) is 0 Å². The van der Waals surface area contributed by atoms with Crippen LogP contribution >= 0.6 is 0 Å². The summed E-state index contributed by atoms with van der Waals surface area (Å²) in [7, 11) is 0. The van der Waals surface area contributed by atoms with Gasteiger partial charge in [0.05, 0.1) is 5.56 Å². The van der Waals surface area contributed by atoms with Gasteiger partial charge >= 0.3 is 0 Å². The number of carbonyl (C=O) groups excluding carboxylic acids is 1. The number of rotatable bonds is 5. The summed E-state index contributed by atoms with van der Waals surface area (Å²) in [6.07, 6.45) is 0. The highest BCUT2D eigenvalue weighted by Crippen LogP contribution is 2.16. The molecule has 0 fully saturated rings. The number of H-pyrrole nitrogens is 1. The van der Waals surface area contributed by atoms with Gasteiger partial charge in [-0.15, -0.1) is 0 Å². The van der Waals surface area contributed by atoms with Crippen molar-refractivity contribution in [2.45, 2.75) is 13.5 Å². The van der Waals surface area contributed by atoms with E-state index >= 15 is 0 Å². The highest BCUT2D eigenvalue weighted by atomic mass is 16.3. The van der Waals surface area contributed by atoms with Gasteiger partial charge in [-0.3, -0.25) is 14.6 Å². The number of carbonyl (C=O) groups is 1. The third kappa shape index (κ3) is 3.93. The quantitative estimate of drug-likeness (QED) is 0.669. The fourth-order valence-corrected chi connectivity index (χ4v) is 1.91. The van der Waals surface area contributed by atoms with Gasteiger partial charge in [-0.1, -0.05) is 25.1 Å². The van der Waals surface area contributed by atoms with E-state index in [1.807, 2.05) is 25.1 Å². The normalized spacial score (nSPS) is 10.3. The number of aromatic hydroxyl groups is 1. The first-order chi connectivity index (χ1) is 10.1. The average molecular weight is 287 g/mol. The smallest absolute Gasteiger partial charge is 0.256 e. The standard InChI is InChI=1S/C15H17N3O3/c1-2-16-9-10-5-3-4-6-12(10)17-15(21)11-7-13(19)18-14(20)8-11/h3-8,16H,2,9H2,1H3,(H,17,21)(H2,18,19,20). The van der Waals surface area contributed by atoms with Crippen molar-refractivity contribution in [3.05, 3.63) is 57.9 Å². The van der Waals surface area contributed by atoms with Crippen LogP contribution in [0.3, 0.4) is 0 Å². The average Bonchev–Trinajstić information content (AvgIpc) is 2.45. The number of pyridine rings is 1. The first-order valence-electron chi connectivity index (χ1n) is 6.63. The van der Waals surface area contributed by atoms with Crippen molar-refractivity contribution in [2.75, 3.05) is 11.9 Å². The molecule has 4 N–H and O–H groups in total. The Labute approximate surface area is 121 Å². The molecule has 0 aliphatic heterocycles. The molecule has 21 heavy (non-hydrogen) atoms. The van der Waals surface area contributed by atoms with E-state index in [-0.39, 0.29) is 11.4 Å². The Morgan fingerprint density at radius 1 is 1.29 bits per heavy atom. The van der Waals surface area contributed by atoms with E-state index in [2.05, 4.69) is 15.6 Å². The Morgan fingerprint density at radius 3 is 2.76 bits per heavy atom. The number of aromatic amines is 1. The van der Waals surface area contributed by atoms with Crippen LogP contribution in [0.15, 0.2) is 41.2 Å². The van der Waals surface area contributed by atoms with Gasteiger partial charge in [0.15, 0.2) is 5.88 Å². The molecule has 6 nitrogen and oxygen atoms in total. The molecule has 0 unspecified atom stereocenters. The van der Waals surface area contributed by atoms with Gasteiger partial charge in [-0.05, 0) is 18.2 Å². The molecular weight excluding hydrogens is 270 g/mol. The zero-order valence-corrected chi connectivity index (χ0v) is 11.6. The molecule has 1 amide bonds. The Balaban J connectivity index is 2.21. The Kier molecular flexibility index (Phi) is 4.73. The zero-order chi connectivity index (χ0) is 15.2. The number of nitrogens with one attached hydrogen (secondary N) is 3. The van der Waals surface area contributed by atoms with Crippen molar-refractivity contribution in [1.82, 2.24) is 10.3 Å². The molecule has 0 atom stereocenters. The molecule has 2 rings (SSSR count). The van der Waals surface area contributed by atoms with Gasteiger partial charge in [0.2, 0.25) is 0 Å². The number of para-hydroxylation sites is 1. The second-order valence-electron chi connectivity index (χ2n) is 4.51. The molecule has 1 aromatic heterocycles. The van der Waals surface area contributed by atoms with E-state index < -0.39 is 11.5 Å². The van der Waals surface area contributed by atoms with Gasteiger partial charge in [-0.2, -0.15) is 0 Å². The molecule has 110 valence electrons. The van der Waals surface area contributed by atoms with Crippen LogP contribution in [0, 0.1) is 0 Å². The van der Waals surface area contributed by atoms with Crippen molar-refractivity contribution >= 4 is 11.6 Å². The molecule has 0 radical (unpaired) electrons. The van der Waals surface area contributed by atoms with Gasteiger partial charge in [0, 0.05) is 24.4 Å². The van der Waals surface area contributed by atoms with Crippen molar-refractivity contribution in [3.63, 3.8) is 0 Å². The molecular formula is C15H17N3O3. The number of amides is 1. The second kappa shape index (κ2) is 6.71. The topological polar surface area (TPSA) is 94.2 Å². The maximum Gasteiger partial charge on any atom is 0.256 e. The fourth-order valence-electron chi connectivity index (χ4n) is 1.91. The molecule has 0 aliphatic rings. The summed E-state index contributed by atoms with van der Waals surface area (Å²) < 4.78 is 0. The number of hydrogen-bond acceptors (Lipinski definition) is 4. The second-order valence-corrected chi connectivity index (χ2v) is 4.51. The molecule has 0 aliphatic carbocycles. The van der Waals surface area contributed by atoms with Crippen LogP contribution in [-0.2, 0) is 6.54 Å². The molecule has 6 heteroatoms. The number of aromatic nitrogens is 1. The van der Waals surface area contributed by atoms with Crippen LogP contribution in [0.1, 0.15) is 22.8 Å². The van der Waals surface area contributed by atoms with Gasteiger partial charge in [0.1, 0.15) is 0 Å². The molecule has 0 spiro atoms. The highest BCUT2D eigenvalue weighted by molar-refractivity contribution is 6.04. The largest absolute Gasteiger partial charge is 0.494 e. The van der Waals surface area contributed by atoms with E-state index in [0.29, 0.717) is 12.2 Å². The summed E-state index contributed by atoms with van der Waals surface area (Å²) in [5, 5.41) is 15.3. The molecule has 0 saturated carbocycles. The first-order valence-corrected chi connectivity index (χ1v) is 6.63. The lowest BCUT2D eigenvalue weighted by Crippen LogP contribution is -2.18. The van der Waals surface area contributed by atoms with Crippen LogP contribution in [0.5, 0.6) is 5.88 Å². The minimum Gasteiger partial charge on any atom is -0.494 e. The first kappa shape index (κ1) is 14.8. The summed E-state index contributed by atoms with van der Waals surface area (Å²) in [5.74, 6) is -0.783. The predicted molar refractivity (Wildman–Crippen MR) is 80.5 cm³/mol. The van der Waals surface area contributed by atoms with Crippen LogP contribution in [0.25, 0.3) is 0 Å². The van der Waals surface area contributed by atoms with Gasteiger partial charge in [-0.25, -0.2) is 0 Å². The molecule has 1 aromatic carbocycles. The van der Waals surface area contributed by atoms with Crippen LogP contribution in [-0.4, -0.2) is 22.5 Å². The van der Waals surface area contributed by atoms with E-state index in [0.717, 1.165) is 18.2 Å². The highest BCUT2D eigenvalue weighted by Gasteiger charge is 2.10. The Morgan fingerprint density at radius 2 is 2.05 bits per heavy atom. The third-order valence-electron chi connectivity index (χ3n) is 2.92. The Hall–Kier alpha value is -2.60. The monoisotopic (exact) mass is 287 g/mol. The zero-order valence-electron chi connectivity index (χ0n) is 11.6. The van der Waals surface area contributed by atoms with E-state index in [1.165, 1.54) is 6.07 Å². The maximum absolute atomic E-state index is 12.1. The summed E-state index contributed by atoms with van der Waals surface area (Å²) >= 11 is 0. The van der Waals surface area contributed by atoms with Crippen molar-refractivity contribution in [2.24, 2.45) is 0 Å². The van der Waals surface area contributed by atoms with Crippen molar-refractivity contribution in [1.29, 1.82) is 0 Å². The minimum absolute atomic E-state index is 0.106. The lowest BCUT2D eigenvalue weighted by molar-refractivity contribution is 0.102. The summed E-state index contributed by atoms with van der Waals surface area (Å²) in [6, 6.07) is 9.76. The van der Waals surface area contributed by atoms with Gasteiger partial charge < -0.3 is 15.7 Å². The third-order valence-corrected chi connectivity index (χ3v) is 2.92. The van der Waals surface area contributed by atoms with Gasteiger partial charge in [0.25, 0.3) is 11.5 Å². The number of benzene rings is 1. The van der Waals surface area contributed by atoms with E-state index in [1.54, 1.807) is 6.07 Å². The number of anilines is 1. The predicted octanol–water partition coefficient (Wildman–Crippen LogP) is 1.44. The lowest BCUT2D eigenvalue weighted by Gasteiger charge is -2.11. The van der Waals surface area contributed by atoms with Crippen molar-refractivity contribution in [3.8, 4) is 5.88 Å². The van der Waals surface area contributed by atoms with Crippen LogP contribution in [0.2, 0.25) is 0 Å². The molecule has 2 aromatic rings. The Bertz CT molecular complexity index is 695. The summed E-state index contributed by atoms with van der Waals surface area (Å²) in [4.78, 5) is 25.6. The summed E-state index contributed by atoms with van der Waals surface area (Å²) in [5.41, 5.74) is 1.19. The SMILES string of the molecule is CCNCc1ccccc1NC(=O)c1cc(O)[nH]c(=O)c1. The lowest BCUT2D eigenvalue weighted by atomic mass is 10.1. The molecule has 0 bridgehead atoms. The molecule has 1 heterocycles. The fraction of sp³-hybridized carbons (Fsp3) is 0.200. The van der Waals surface area contributed by atoms with Crippen LogP contribution < -0.4 is 16.2 Å². The summed E-state index contributed by atoms with van der Waals surface area (Å²) in [6.45, 7) is 3.46. The maximum atomic E-state index is 12.1. The number of hydrogen-bond donors (Lipinski definition) is 4. The van der Waals surface area contributed by atoms with Crippen LogP contribution in [0.4, 0.5) is 5.69 Å².